The molecule has 0 radical (unpaired) electrons. The van der Waals surface area contributed by atoms with Crippen LogP contribution in [0.4, 0.5) is 0 Å². The Morgan fingerprint density at radius 2 is 2.11 bits per heavy atom. The summed E-state index contributed by atoms with van der Waals surface area (Å²) in [5.74, 6) is 0. The van der Waals surface area contributed by atoms with E-state index in [1.54, 1.807) is 0 Å². The van der Waals surface area contributed by atoms with Crippen LogP contribution in [-0.4, -0.2) is 11.8 Å². The van der Waals surface area contributed by atoms with E-state index in [1.165, 1.54) is 32.2 Å². The molecule has 0 saturated heterocycles. The lowest BCUT2D eigenvalue weighted by Crippen LogP contribution is -2.23. The lowest BCUT2D eigenvalue weighted by molar-refractivity contribution is 0.670. The molecule has 0 bridgehead atoms. The van der Waals surface area contributed by atoms with E-state index < -0.39 is 0 Å². The van der Waals surface area contributed by atoms with Crippen LogP contribution < -0.4 is 5.32 Å². The van der Waals surface area contributed by atoms with Crippen molar-refractivity contribution in [2.75, 3.05) is 6.54 Å². The van der Waals surface area contributed by atoms with Gasteiger partial charge >= 0.3 is 0 Å². The summed E-state index contributed by atoms with van der Waals surface area (Å²) in [6.07, 6.45) is 1.20. The summed E-state index contributed by atoms with van der Waals surface area (Å²) >= 11 is 3.94. The van der Waals surface area contributed by atoms with Gasteiger partial charge in [-0.15, -0.1) is 23.1 Å². The van der Waals surface area contributed by atoms with Crippen molar-refractivity contribution in [2.24, 2.45) is 0 Å². The van der Waals surface area contributed by atoms with Gasteiger partial charge in [0.05, 0.1) is 0 Å². The van der Waals surface area contributed by atoms with E-state index in [2.05, 4.69) is 49.5 Å². The molecule has 0 aliphatic carbocycles. The highest BCUT2D eigenvalue weighted by atomic mass is 32.2. The monoisotopic (exact) mass is 289 g/mol. The van der Waals surface area contributed by atoms with Crippen molar-refractivity contribution in [3.8, 4) is 0 Å². The summed E-state index contributed by atoms with van der Waals surface area (Å²) in [5.41, 5.74) is 2.94. The fraction of sp³-hybridized carbons (Fsp3) is 0.375. The second-order valence-corrected chi connectivity index (χ2v) is 7.82. The quantitative estimate of drug-likeness (QED) is 0.906. The van der Waals surface area contributed by atoms with Crippen LogP contribution in [-0.2, 0) is 13.0 Å². The summed E-state index contributed by atoms with van der Waals surface area (Å²) in [6.45, 7) is 6.49. The molecule has 19 heavy (non-hydrogen) atoms. The van der Waals surface area contributed by atoms with E-state index in [1.807, 2.05) is 23.1 Å². The Hall–Kier alpha value is -0.770. The predicted molar refractivity (Wildman–Crippen MR) is 85.3 cm³/mol. The van der Waals surface area contributed by atoms with Crippen molar-refractivity contribution >= 4 is 23.1 Å². The number of aryl methyl sites for hydroxylation is 2. The van der Waals surface area contributed by atoms with Gasteiger partial charge in [-0.25, -0.2) is 0 Å². The summed E-state index contributed by atoms with van der Waals surface area (Å²) < 4.78 is 0. The Morgan fingerprint density at radius 1 is 1.26 bits per heavy atom. The van der Waals surface area contributed by atoms with Crippen LogP contribution in [0.2, 0.25) is 0 Å². The molecule has 1 aromatic carbocycles. The number of rotatable bonds is 4. The first kappa shape index (κ1) is 13.2. The summed E-state index contributed by atoms with van der Waals surface area (Å²) in [7, 11) is 0. The van der Waals surface area contributed by atoms with Crippen molar-refractivity contribution in [3.63, 3.8) is 0 Å². The first-order valence-corrected chi connectivity index (χ1v) is 8.43. The molecule has 100 valence electrons. The van der Waals surface area contributed by atoms with Gasteiger partial charge in [0, 0.05) is 33.0 Å². The number of thioether (sulfide) groups is 1. The zero-order chi connectivity index (χ0) is 13.2. The average molecular weight is 289 g/mol. The summed E-state index contributed by atoms with van der Waals surface area (Å²) in [6, 6.07) is 11.1. The number of hydrogen-bond acceptors (Lipinski definition) is 3. The van der Waals surface area contributed by atoms with Crippen LogP contribution in [0.25, 0.3) is 0 Å². The Morgan fingerprint density at radius 3 is 2.84 bits per heavy atom. The van der Waals surface area contributed by atoms with Crippen molar-refractivity contribution in [1.82, 2.24) is 5.32 Å². The normalized spacial score (nSPS) is 17.7. The van der Waals surface area contributed by atoms with Gasteiger partial charge in [0.2, 0.25) is 0 Å². The first-order chi connectivity index (χ1) is 9.22. The van der Waals surface area contributed by atoms with Crippen molar-refractivity contribution < 1.29 is 0 Å². The molecule has 2 heterocycles. The van der Waals surface area contributed by atoms with Crippen LogP contribution in [0.5, 0.6) is 0 Å². The van der Waals surface area contributed by atoms with Gasteiger partial charge in [0.15, 0.2) is 0 Å². The molecule has 1 atom stereocenters. The minimum atomic E-state index is 0.694. The van der Waals surface area contributed by atoms with E-state index in [0.29, 0.717) is 5.25 Å². The molecule has 3 rings (SSSR count). The van der Waals surface area contributed by atoms with Crippen LogP contribution in [0.1, 0.15) is 20.9 Å². The highest BCUT2D eigenvalue weighted by Crippen LogP contribution is 2.36. The molecule has 1 nitrogen and oxygen atoms in total. The molecule has 3 heteroatoms. The SMILES string of the molecule is Cc1cc(CNCC2Cc3ccccc3S2)sc1C. The fourth-order valence-electron chi connectivity index (χ4n) is 2.46. The molecule has 0 saturated carbocycles. The van der Waals surface area contributed by atoms with Crippen LogP contribution in [0, 0.1) is 13.8 Å². The van der Waals surface area contributed by atoms with Gasteiger partial charge in [-0.2, -0.15) is 0 Å². The van der Waals surface area contributed by atoms with E-state index in [4.69, 9.17) is 0 Å². The number of nitrogens with one attached hydrogen (secondary N) is 1. The maximum absolute atomic E-state index is 3.61. The minimum Gasteiger partial charge on any atom is -0.311 e. The van der Waals surface area contributed by atoms with E-state index >= 15 is 0 Å². The zero-order valence-electron chi connectivity index (χ0n) is 11.4. The smallest absolute Gasteiger partial charge is 0.0300 e. The lowest BCUT2D eigenvalue weighted by Gasteiger charge is -2.09. The third-order valence-corrected chi connectivity index (χ3v) is 6.07. The fourth-order valence-corrected chi connectivity index (χ4v) is 4.77. The van der Waals surface area contributed by atoms with Crippen molar-refractivity contribution in [3.05, 3.63) is 51.2 Å². The van der Waals surface area contributed by atoms with Crippen molar-refractivity contribution in [2.45, 2.75) is 37.0 Å². The summed E-state index contributed by atoms with van der Waals surface area (Å²) in [5, 5.41) is 4.30. The zero-order valence-corrected chi connectivity index (χ0v) is 13.0. The van der Waals surface area contributed by atoms with E-state index in [0.717, 1.165) is 13.1 Å². The highest BCUT2D eigenvalue weighted by Gasteiger charge is 2.21. The van der Waals surface area contributed by atoms with Gasteiger partial charge < -0.3 is 5.32 Å². The van der Waals surface area contributed by atoms with Gasteiger partial charge in [-0.1, -0.05) is 18.2 Å². The predicted octanol–water partition coefficient (Wildman–Crippen LogP) is 4.17. The Kier molecular flexibility index (Phi) is 3.96. The standard InChI is InChI=1S/C16H19NS2/c1-11-7-14(18-12(11)2)9-17-10-15-8-13-5-3-4-6-16(13)19-15/h3-7,15,17H,8-10H2,1-2H3. The molecule has 1 N–H and O–H groups in total. The number of benzene rings is 1. The molecule has 1 aromatic heterocycles. The van der Waals surface area contributed by atoms with Gasteiger partial charge in [0.1, 0.15) is 0 Å². The molecule has 0 spiro atoms. The molecular formula is C16H19NS2. The lowest BCUT2D eigenvalue weighted by atomic mass is 10.1. The van der Waals surface area contributed by atoms with E-state index in [9.17, 15) is 0 Å². The molecule has 0 amide bonds. The van der Waals surface area contributed by atoms with Crippen LogP contribution >= 0.6 is 23.1 Å². The van der Waals surface area contributed by atoms with E-state index in [-0.39, 0.29) is 0 Å². The van der Waals surface area contributed by atoms with Crippen LogP contribution in [0.15, 0.2) is 35.2 Å². The number of fused-ring (bicyclic) bond motifs is 1. The second-order valence-electron chi connectivity index (χ2n) is 5.13. The largest absolute Gasteiger partial charge is 0.311 e. The average Bonchev–Trinajstić information content (AvgIpc) is 2.93. The number of hydrogen-bond donors (Lipinski definition) is 1. The molecule has 1 aliphatic rings. The molecule has 2 aromatic rings. The maximum Gasteiger partial charge on any atom is 0.0300 e. The second kappa shape index (κ2) is 5.70. The Bertz CT molecular complexity index is 529. The molecule has 1 unspecified atom stereocenters. The summed E-state index contributed by atoms with van der Waals surface area (Å²) in [4.78, 5) is 4.37. The van der Waals surface area contributed by atoms with Gasteiger partial charge in [-0.05, 0) is 43.5 Å². The Labute approximate surface area is 123 Å². The maximum atomic E-state index is 3.61. The third kappa shape index (κ3) is 3.04. The number of thiophene rings is 1. The van der Waals surface area contributed by atoms with Crippen molar-refractivity contribution in [1.29, 1.82) is 0 Å². The highest BCUT2D eigenvalue weighted by molar-refractivity contribution is 8.00. The Balaban J connectivity index is 1.50. The molecule has 1 aliphatic heterocycles. The molecular weight excluding hydrogens is 270 g/mol. The van der Waals surface area contributed by atoms with Crippen LogP contribution in [0.3, 0.4) is 0 Å². The first-order valence-electron chi connectivity index (χ1n) is 6.73. The third-order valence-electron chi connectivity index (χ3n) is 3.60. The van der Waals surface area contributed by atoms with Gasteiger partial charge in [0.25, 0.3) is 0 Å². The minimum absolute atomic E-state index is 0.694. The van der Waals surface area contributed by atoms with Gasteiger partial charge in [-0.3, -0.25) is 0 Å². The topological polar surface area (TPSA) is 12.0 Å². The molecule has 0 fully saturated rings.